The van der Waals surface area contributed by atoms with E-state index in [-0.39, 0.29) is 6.10 Å². The minimum Gasteiger partial charge on any atom is -0.489 e. The fourth-order valence-electron chi connectivity index (χ4n) is 2.12. The minimum atomic E-state index is 0.0518. The molecule has 19 heavy (non-hydrogen) atoms. The van der Waals surface area contributed by atoms with Crippen molar-refractivity contribution < 1.29 is 9.47 Å². The Bertz CT molecular complexity index is 388. The monoisotopic (exact) mass is 303 g/mol. The molecule has 0 saturated carbocycles. The maximum Gasteiger partial charge on any atom is 0.122 e. The third kappa shape index (κ3) is 5.19. The molecular formula is C14H19Cl2NO2. The molecule has 2 unspecified atom stereocenters. The summed E-state index contributed by atoms with van der Waals surface area (Å²) in [5.74, 6) is 0.698. The molecule has 2 rings (SSSR count). The van der Waals surface area contributed by atoms with Crippen LogP contribution in [0.4, 0.5) is 0 Å². The zero-order chi connectivity index (χ0) is 13.7. The summed E-state index contributed by atoms with van der Waals surface area (Å²) in [6.45, 7) is 4.55. The predicted molar refractivity (Wildman–Crippen MR) is 78.4 cm³/mol. The third-order valence-electron chi connectivity index (χ3n) is 3.00. The molecule has 1 aliphatic rings. The van der Waals surface area contributed by atoms with Gasteiger partial charge in [0.1, 0.15) is 11.9 Å². The van der Waals surface area contributed by atoms with E-state index in [4.69, 9.17) is 32.7 Å². The van der Waals surface area contributed by atoms with E-state index in [0.717, 1.165) is 26.1 Å². The lowest BCUT2D eigenvalue weighted by atomic mass is 10.2. The Hall–Kier alpha value is -0.480. The summed E-state index contributed by atoms with van der Waals surface area (Å²) in [7, 11) is 0. The Morgan fingerprint density at radius 2 is 2.11 bits per heavy atom. The van der Waals surface area contributed by atoms with Gasteiger partial charge in [-0.3, -0.25) is 0 Å². The second-order valence-corrected chi connectivity index (χ2v) is 5.70. The van der Waals surface area contributed by atoms with Crippen LogP contribution < -0.4 is 10.1 Å². The molecule has 1 fully saturated rings. The Morgan fingerprint density at radius 1 is 1.37 bits per heavy atom. The van der Waals surface area contributed by atoms with Gasteiger partial charge < -0.3 is 14.8 Å². The van der Waals surface area contributed by atoms with Gasteiger partial charge in [0, 0.05) is 29.7 Å². The summed E-state index contributed by atoms with van der Waals surface area (Å²) >= 11 is 11.9. The van der Waals surface area contributed by atoms with Crippen LogP contribution in [0, 0.1) is 0 Å². The van der Waals surface area contributed by atoms with Crippen LogP contribution in [0.15, 0.2) is 18.2 Å². The largest absolute Gasteiger partial charge is 0.489 e. The predicted octanol–water partition coefficient (Wildman–Crippen LogP) is 3.53. The Kier molecular flexibility index (Phi) is 5.76. The SMILES string of the molecule is CC(CNCC1CCCO1)Oc1cc(Cl)cc(Cl)c1. The van der Waals surface area contributed by atoms with Crippen molar-refractivity contribution in [1.82, 2.24) is 5.32 Å². The zero-order valence-corrected chi connectivity index (χ0v) is 12.5. The molecule has 0 spiro atoms. The van der Waals surface area contributed by atoms with Crippen LogP contribution in [0.3, 0.4) is 0 Å². The third-order valence-corrected chi connectivity index (χ3v) is 3.44. The topological polar surface area (TPSA) is 30.5 Å². The highest BCUT2D eigenvalue weighted by Gasteiger charge is 2.15. The standard InChI is InChI=1S/C14H19Cl2NO2/c1-10(8-17-9-13-3-2-4-18-13)19-14-6-11(15)5-12(16)7-14/h5-7,10,13,17H,2-4,8-9H2,1H3. The quantitative estimate of drug-likeness (QED) is 0.872. The number of nitrogens with one attached hydrogen (secondary N) is 1. The van der Waals surface area contributed by atoms with Crippen molar-refractivity contribution in [3.63, 3.8) is 0 Å². The second kappa shape index (κ2) is 7.34. The van der Waals surface area contributed by atoms with Crippen molar-refractivity contribution in [2.45, 2.75) is 32.0 Å². The lowest BCUT2D eigenvalue weighted by Crippen LogP contribution is -2.34. The molecule has 1 heterocycles. The van der Waals surface area contributed by atoms with Crippen molar-refractivity contribution in [3.8, 4) is 5.75 Å². The fraction of sp³-hybridized carbons (Fsp3) is 0.571. The molecule has 0 aromatic heterocycles. The molecule has 0 radical (unpaired) electrons. The summed E-state index contributed by atoms with van der Waals surface area (Å²) in [5.41, 5.74) is 0. The van der Waals surface area contributed by atoms with Crippen LogP contribution in [0.25, 0.3) is 0 Å². The summed E-state index contributed by atoms with van der Waals surface area (Å²) < 4.78 is 11.3. The summed E-state index contributed by atoms with van der Waals surface area (Å²) in [6, 6.07) is 5.23. The first-order chi connectivity index (χ1) is 9.13. The molecule has 0 aliphatic carbocycles. The van der Waals surface area contributed by atoms with Crippen LogP contribution in [0.1, 0.15) is 19.8 Å². The lowest BCUT2D eigenvalue weighted by molar-refractivity contribution is 0.106. The maximum absolute atomic E-state index is 5.93. The molecule has 2 atom stereocenters. The molecule has 3 nitrogen and oxygen atoms in total. The number of benzene rings is 1. The zero-order valence-electron chi connectivity index (χ0n) is 11.0. The van der Waals surface area contributed by atoms with E-state index in [2.05, 4.69) is 5.32 Å². The molecule has 0 bridgehead atoms. The van der Waals surface area contributed by atoms with Gasteiger partial charge in [0.05, 0.1) is 6.10 Å². The minimum absolute atomic E-state index is 0.0518. The first-order valence-corrected chi connectivity index (χ1v) is 7.34. The van der Waals surface area contributed by atoms with Crippen LogP contribution in [-0.2, 0) is 4.74 Å². The van der Waals surface area contributed by atoms with Crippen molar-refractivity contribution >= 4 is 23.2 Å². The summed E-state index contributed by atoms with van der Waals surface area (Å²) in [5, 5.41) is 4.53. The highest BCUT2D eigenvalue weighted by atomic mass is 35.5. The van der Waals surface area contributed by atoms with E-state index >= 15 is 0 Å². The van der Waals surface area contributed by atoms with Crippen molar-refractivity contribution in [3.05, 3.63) is 28.2 Å². The number of ether oxygens (including phenoxy) is 2. The van der Waals surface area contributed by atoms with Crippen molar-refractivity contribution in [1.29, 1.82) is 0 Å². The van der Waals surface area contributed by atoms with Gasteiger partial charge in [-0.15, -0.1) is 0 Å². The highest BCUT2D eigenvalue weighted by molar-refractivity contribution is 6.34. The van der Waals surface area contributed by atoms with Gasteiger partial charge in [0.25, 0.3) is 0 Å². The first kappa shape index (κ1) is 14.9. The molecule has 1 N–H and O–H groups in total. The van der Waals surface area contributed by atoms with Gasteiger partial charge in [-0.05, 0) is 38.0 Å². The van der Waals surface area contributed by atoms with E-state index < -0.39 is 0 Å². The summed E-state index contributed by atoms with van der Waals surface area (Å²) in [6.07, 6.45) is 2.72. The van der Waals surface area contributed by atoms with Crippen LogP contribution in [0.2, 0.25) is 10.0 Å². The van der Waals surface area contributed by atoms with Crippen molar-refractivity contribution in [2.75, 3.05) is 19.7 Å². The average Bonchev–Trinajstić information content (AvgIpc) is 2.80. The smallest absolute Gasteiger partial charge is 0.122 e. The van der Waals surface area contributed by atoms with Gasteiger partial charge in [0.15, 0.2) is 0 Å². The van der Waals surface area contributed by atoms with E-state index in [1.165, 1.54) is 6.42 Å². The van der Waals surface area contributed by atoms with E-state index in [9.17, 15) is 0 Å². The van der Waals surface area contributed by atoms with Gasteiger partial charge >= 0.3 is 0 Å². The molecule has 1 saturated heterocycles. The normalized spacial score (nSPS) is 20.5. The molecular weight excluding hydrogens is 285 g/mol. The Morgan fingerprint density at radius 3 is 2.74 bits per heavy atom. The number of halogens is 2. The van der Waals surface area contributed by atoms with Crippen LogP contribution >= 0.6 is 23.2 Å². The summed E-state index contributed by atoms with van der Waals surface area (Å²) in [4.78, 5) is 0. The van der Waals surface area contributed by atoms with Gasteiger partial charge in [-0.2, -0.15) is 0 Å². The van der Waals surface area contributed by atoms with Gasteiger partial charge in [-0.25, -0.2) is 0 Å². The average molecular weight is 304 g/mol. The van der Waals surface area contributed by atoms with E-state index in [0.29, 0.717) is 21.9 Å². The molecule has 5 heteroatoms. The Labute approximate surface area is 124 Å². The molecule has 0 amide bonds. The maximum atomic E-state index is 5.93. The molecule has 1 aromatic rings. The van der Waals surface area contributed by atoms with E-state index in [1.54, 1.807) is 18.2 Å². The first-order valence-electron chi connectivity index (χ1n) is 6.58. The second-order valence-electron chi connectivity index (χ2n) is 4.83. The number of rotatable bonds is 6. The molecule has 1 aliphatic heterocycles. The fourth-order valence-corrected chi connectivity index (χ4v) is 2.63. The number of hydrogen-bond acceptors (Lipinski definition) is 3. The lowest BCUT2D eigenvalue weighted by Gasteiger charge is -2.17. The molecule has 106 valence electrons. The van der Waals surface area contributed by atoms with Gasteiger partial charge in [0.2, 0.25) is 0 Å². The van der Waals surface area contributed by atoms with E-state index in [1.807, 2.05) is 6.92 Å². The van der Waals surface area contributed by atoms with Crippen LogP contribution in [-0.4, -0.2) is 31.9 Å². The molecule has 1 aromatic carbocycles. The number of hydrogen-bond donors (Lipinski definition) is 1. The van der Waals surface area contributed by atoms with Crippen LogP contribution in [0.5, 0.6) is 5.75 Å². The Balaban J connectivity index is 1.72. The van der Waals surface area contributed by atoms with Crippen molar-refractivity contribution in [2.24, 2.45) is 0 Å². The van der Waals surface area contributed by atoms with Gasteiger partial charge in [-0.1, -0.05) is 23.2 Å². The highest BCUT2D eigenvalue weighted by Crippen LogP contribution is 2.24.